The molecule has 1 saturated heterocycles. The first-order valence-electron chi connectivity index (χ1n) is 5.81. The van der Waals surface area contributed by atoms with E-state index in [0.29, 0.717) is 5.02 Å². The van der Waals surface area contributed by atoms with Crippen molar-refractivity contribution < 1.29 is 9.59 Å². The molecular formula is C13H15ClN2O2. The standard InChI is InChI=1S/C13H15ClN2O2/c1-8(9-4-3-5-10(14)6-9)15-11-7-12(17)16(2)13(11)18/h3-6,8,11,15H,7H2,1-2H3. The second-order valence-electron chi connectivity index (χ2n) is 4.49. The molecule has 0 aromatic heterocycles. The molecule has 1 fully saturated rings. The number of likely N-dealkylation sites (tertiary alicyclic amines) is 1. The van der Waals surface area contributed by atoms with Gasteiger partial charge in [0.05, 0.1) is 12.5 Å². The molecule has 1 aliphatic rings. The molecular weight excluding hydrogens is 252 g/mol. The average Bonchev–Trinajstić information content (AvgIpc) is 2.57. The quantitative estimate of drug-likeness (QED) is 0.848. The third-order valence-electron chi connectivity index (χ3n) is 3.18. The van der Waals surface area contributed by atoms with Crippen LogP contribution in [0.1, 0.15) is 24.9 Å². The van der Waals surface area contributed by atoms with E-state index in [1.165, 1.54) is 11.9 Å². The molecule has 1 aromatic rings. The number of carbonyl (C=O) groups is 2. The fraction of sp³-hybridized carbons (Fsp3) is 0.385. The largest absolute Gasteiger partial charge is 0.299 e. The summed E-state index contributed by atoms with van der Waals surface area (Å²) in [5.41, 5.74) is 0.998. The number of nitrogens with zero attached hydrogens (tertiary/aromatic N) is 1. The van der Waals surface area contributed by atoms with Crippen LogP contribution in [0.15, 0.2) is 24.3 Å². The Kier molecular flexibility index (Phi) is 3.68. The van der Waals surface area contributed by atoms with Crippen molar-refractivity contribution in [2.45, 2.75) is 25.4 Å². The Bertz CT molecular complexity index is 490. The number of carbonyl (C=O) groups excluding carboxylic acids is 2. The maximum atomic E-state index is 11.8. The van der Waals surface area contributed by atoms with Gasteiger partial charge in [-0.25, -0.2) is 0 Å². The van der Waals surface area contributed by atoms with Crippen LogP contribution >= 0.6 is 11.6 Å². The fourth-order valence-corrected chi connectivity index (χ4v) is 2.26. The minimum atomic E-state index is -0.434. The van der Waals surface area contributed by atoms with E-state index in [2.05, 4.69) is 5.32 Å². The highest BCUT2D eigenvalue weighted by Crippen LogP contribution is 2.20. The third kappa shape index (κ3) is 2.54. The van der Waals surface area contributed by atoms with E-state index >= 15 is 0 Å². The number of imide groups is 1. The van der Waals surface area contributed by atoms with Gasteiger partial charge in [-0.05, 0) is 24.6 Å². The highest BCUT2D eigenvalue weighted by atomic mass is 35.5. The van der Waals surface area contributed by atoms with Gasteiger partial charge in [-0.2, -0.15) is 0 Å². The predicted octanol–water partition coefficient (Wildman–Crippen LogP) is 1.75. The molecule has 0 aliphatic carbocycles. The van der Waals surface area contributed by atoms with Crippen molar-refractivity contribution in [1.29, 1.82) is 0 Å². The van der Waals surface area contributed by atoms with Crippen molar-refractivity contribution in [3.63, 3.8) is 0 Å². The van der Waals surface area contributed by atoms with Crippen molar-refractivity contribution in [1.82, 2.24) is 10.2 Å². The molecule has 0 spiro atoms. The number of rotatable bonds is 3. The molecule has 4 nitrogen and oxygen atoms in total. The lowest BCUT2D eigenvalue weighted by atomic mass is 10.1. The Labute approximate surface area is 111 Å². The normalized spacial score (nSPS) is 21.5. The van der Waals surface area contributed by atoms with Crippen molar-refractivity contribution in [3.05, 3.63) is 34.9 Å². The summed E-state index contributed by atoms with van der Waals surface area (Å²) in [5, 5.41) is 3.82. The first-order valence-corrected chi connectivity index (χ1v) is 6.18. The highest BCUT2D eigenvalue weighted by molar-refractivity contribution is 6.30. The fourth-order valence-electron chi connectivity index (χ4n) is 2.06. The molecule has 5 heteroatoms. The molecule has 1 N–H and O–H groups in total. The van der Waals surface area contributed by atoms with Crippen LogP contribution in [0, 0.1) is 0 Å². The van der Waals surface area contributed by atoms with Crippen molar-refractivity contribution in [2.24, 2.45) is 0 Å². The van der Waals surface area contributed by atoms with Crippen molar-refractivity contribution in [2.75, 3.05) is 7.05 Å². The SMILES string of the molecule is CC(NC1CC(=O)N(C)C1=O)c1cccc(Cl)c1. The maximum Gasteiger partial charge on any atom is 0.246 e. The average molecular weight is 267 g/mol. The lowest BCUT2D eigenvalue weighted by molar-refractivity contribution is -0.137. The number of benzene rings is 1. The molecule has 2 rings (SSSR count). The van der Waals surface area contributed by atoms with E-state index in [1.54, 1.807) is 6.07 Å². The topological polar surface area (TPSA) is 49.4 Å². The van der Waals surface area contributed by atoms with Gasteiger partial charge in [0.15, 0.2) is 0 Å². The number of halogens is 1. The summed E-state index contributed by atoms with van der Waals surface area (Å²) in [6, 6.07) is 6.99. The van der Waals surface area contributed by atoms with Gasteiger partial charge in [-0.3, -0.25) is 19.8 Å². The lowest BCUT2D eigenvalue weighted by Gasteiger charge is -2.18. The van der Waals surface area contributed by atoms with E-state index in [0.717, 1.165) is 5.56 Å². The van der Waals surface area contributed by atoms with Crippen LogP contribution < -0.4 is 5.32 Å². The number of hydrogen-bond donors (Lipinski definition) is 1. The van der Waals surface area contributed by atoms with E-state index in [9.17, 15) is 9.59 Å². The third-order valence-corrected chi connectivity index (χ3v) is 3.42. The van der Waals surface area contributed by atoms with Gasteiger partial charge in [0.1, 0.15) is 0 Å². The van der Waals surface area contributed by atoms with E-state index in [4.69, 9.17) is 11.6 Å². The number of nitrogens with one attached hydrogen (secondary N) is 1. The van der Waals surface area contributed by atoms with Gasteiger partial charge in [0.2, 0.25) is 11.8 Å². The van der Waals surface area contributed by atoms with Gasteiger partial charge >= 0.3 is 0 Å². The Balaban J connectivity index is 2.06. The second-order valence-corrected chi connectivity index (χ2v) is 4.93. The lowest BCUT2D eigenvalue weighted by Crippen LogP contribution is -2.38. The summed E-state index contributed by atoms with van der Waals surface area (Å²) in [6.45, 7) is 1.95. The van der Waals surface area contributed by atoms with Crippen LogP contribution in [0.3, 0.4) is 0 Å². The van der Waals surface area contributed by atoms with Gasteiger partial charge in [0.25, 0.3) is 0 Å². The summed E-state index contributed by atoms with van der Waals surface area (Å²) in [6.07, 6.45) is 0.222. The van der Waals surface area contributed by atoms with Crippen LogP contribution in [0.5, 0.6) is 0 Å². The van der Waals surface area contributed by atoms with Crippen LogP contribution in [0.25, 0.3) is 0 Å². The molecule has 18 heavy (non-hydrogen) atoms. The Morgan fingerprint density at radius 2 is 2.17 bits per heavy atom. The first kappa shape index (κ1) is 13.1. The summed E-state index contributed by atoms with van der Waals surface area (Å²) in [7, 11) is 1.51. The van der Waals surface area contributed by atoms with E-state index in [-0.39, 0.29) is 24.3 Å². The number of amides is 2. The Morgan fingerprint density at radius 3 is 2.72 bits per heavy atom. The van der Waals surface area contributed by atoms with Crippen molar-refractivity contribution in [3.8, 4) is 0 Å². The molecule has 1 heterocycles. The summed E-state index contributed by atoms with van der Waals surface area (Å²) in [4.78, 5) is 24.3. The summed E-state index contributed by atoms with van der Waals surface area (Å²) in [5.74, 6) is -0.315. The summed E-state index contributed by atoms with van der Waals surface area (Å²) < 4.78 is 0. The minimum Gasteiger partial charge on any atom is -0.299 e. The van der Waals surface area contributed by atoms with Crippen LogP contribution in [-0.2, 0) is 9.59 Å². The van der Waals surface area contributed by atoms with Gasteiger partial charge < -0.3 is 0 Å². The zero-order valence-electron chi connectivity index (χ0n) is 10.3. The molecule has 0 bridgehead atoms. The van der Waals surface area contributed by atoms with E-state index < -0.39 is 6.04 Å². The Morgan fingerprint density at radius 1 is 1.44 bits per heavy atom. The highest BCUT2D eigenvalue weighted by Gasteiger charge is 2.36. The molecule has 2 amide bonds. The van der Waals surface area contributed by atoms with Crippen LogP contribution in [-0.4, -0.2) is 29.8 Å². The monoisotopic (exact) mass is 266 g/mol. The van der Waals surface area contributed by atoms with Gasteiger partial charge in [-0.15, -0.1) is 0 Å². The Hall–Kier alpha value is -1.39. The van der Waals surface area contributed by atoms with E-state index in [1.807, 2.05) is 25.1 Å². The second kappa shape index (κ2) is 5.08. The summed E-state index contributed by atoms with van der Waals surface area (Å²) >= 11 is 5.92. The van der Waals surface area contributed by atoms with Crippen LogP contribution in [0.4, 0.5) is 0 Å². The smallest absolute Gasteiger partial charge is 0.246 e. The molecule has 0 saturated carbocycles. The predicted molar refractivity (Wildman–Crippen MR) is 69.2 cm³/mol. The minimum absolute atomic E-state index is 0.0306. The van der Waals surface area contributed by atoms with Crippen molar-refractivity contribution >= 4 is 23.4 Å². The molecule has 1 aromatic carbocycles. The maximum absolute atomic E-state index is 11.8. The zero-order valence-corrected chi connectivity index (χ0v) is 11.1. The number of hydrogen-bond acceptors (Lipinski definition) is 3. The zero-order chi connectivity index (χ0) is 13.3. The van der Waals surface area contributed by atoms with Crippen LogP contribution in [0.2, 0.25) is 5.02 Å². The molecule has 96 valence electrons. The van der Waals surface area contributed by atoms with Gasteiger partial charge in [0, 0.05) is 18.1 Å². The molecule has 0 radical (unpaired) electrons. The van der Waals surface area contributed by atoms with Gasteiger partial charge in [-0.1, -0.05) is 23.7 Å². The molecule has 2 atom stereocenters. The number of likely N-dealkylation sites (N-methyl/N-ethyl adjacent to an activating group) is 1. The first-order chi connectivity index (χ1) is 8.49. The molecule has 2 unspecified atom stereocenters. The molecule has 1 aliphatic heterocycles.